The van der Waals surface area contributed by atoms with E-state index in [0.29, 0.717) is 6.04 Å². The van der Waals surface area contributed by atoms with Gasteiger partial charge in [-0.3, -0.25) is 4.79 Å². The number of carbonyl (C=O) groups is 1. The summed E-state index contributed by atoms with van der Waals surface area (Å²) in [6, 6.07) is 8.31. The third kappa shape index (κ3) is 2.60. The molecule has 2 N–H and O–H groups in total. The topological polar surface area (TPSA) is 41.1 Å². The molecule has 0 fully saturated rings. The Morgan fingerprint density at radius 1 is 1.41 bits per heavy atom. The van der Waals surface area contributed by atoms with Crippen LogP contribution in [0, 0.1) is 0 Å². The van der Waals surface area contributed by atoms with Gasteiger partial charge < -0.3 is 10.6 Å². The average molecular weight is 232 g/mol. The third-order valence-corrected chi connectivity index (χ3v) is 3.42. The highest BCUT2D eigenvalue weighted by molar-refractivity contribution is 5.87. The molecule has 1 heterocycles. The molecule has 0 saturated carbocycles. The molecule has 0 spiro atoms. The molecule has 3 nitrogen and oxygen atoms in total. The van der Waals surface area contributed by atoms with Gasteiger partial charge in [-0.15, -0.1) is 0 Å². The van der Waals surface area contributed by atoms with Crippen molar-refractivity contribution in [3.8, 4) is 0 Å². The van der Waals surface area contributed by atoms with Crippen molar-refractivity contribution in [2.45, 2.75) is 45.2 Å². The number of amides is 1. The molecule has 0 unspecified atom stereocenters. The van der Waals surface area contributed by atoms with E-state index in [9.17, 15) is 4.79 Å². The fraction of sp³-hybridized carbons (Fsp3) is 0.500. The van der Waals surface area contributed by atoms with Crippen LogP contribution in [0.5, 0.6) is 0 Å². The van der Waals surface area contributed by atoms with Crippen molar-refractivity contribution in [1.29, 1.82) is 0 Å². The van der Waals surface area contributed by atoms with Crippen LogP contribution in [0.3, 0.4) is 0 Å². The number of carbonyl (C=O) groups excluding carboxylic acids is 1. The SMILES string of the molecule is CCC(CC)NC(=O)[C@@H]1Cc2ccccc2N1. The van der Waals surface area contributed by atoms with Crippen LogP contribution in [0.1, 0.15) is 32.3 Å². The first-order chi connectivity index (χ1) is 8.24. The van der Waals surface area contributed by atoms with Gasteiger partial charge in [0.15, 0.2) is 0 Å². The van der Waals surface area contributed by atoms with E-state index in [1.165, 1.54) is 5.56 Å². The molecular weight excluding hydrogens is 212 g/mol. The van der Waals surface area contributed by atoms with Gasteiger partial charge in [-0.25, -0.2) is 0 Å². The fourth-order valence-corrected chi connectivity index (χ4v) is 2.25. The fourth-order valence-electron chi connectivity index (χ4n) is 2.25. The predicted octanol–water partition coefficient (Wildman–Crippen LogP) is 2.33. The Balaban J connectivity index is 1.96. The molecule has 0 saturated heterocycles. The van der Waals surface area contributed by atoms with Gasteiger partial charge >= 0.3 is 0 Å². The summed E-state index contributed by atoms with van der Waals surface area (Å²) in [6.07, 6.45) is 2.77. The number of hydrogen-bond donors (Lipinski definition) is 2. The highest BCUT2D eigenvalue weighted by Gasteiger charge is 2.26. The lowest BCUT2D eigenvalue weighted by Gasteiger charge is -2.18. The van der Waals surface area contributed by atoms with Crippen molar-refractivity contribution in [1.82, 2.24) is 5.32 Å². The van der Waals surface area contributed by atoms with E-state index in [4.69, 9.17) is 0 Å². The molecule has 0 radical (unpaired) electrons. The van der Waals surface area contributed by atoms with E-state index in [0.717, 1.165) is 24.9 Å². The van der Waals surface area contributed by atoms with E-state index < -0.39 is 0 Å². The molecule has 92 valence electrons. The van der Waals surface area contributed by atoms with E-state index in [-0.39, 0.29) is 11.9 Å². The van der Waals surface area contributed by atoms with Crippen LogP contribution in [-0.2, 0) is 11.2 Å². The summed E-state index contributed by atoms with van der Waals surface area (Å²) in [5, 5.41) is 6.37. The van der Waals surface area contributed by atoms with E-state index >= 15 is 0 Å². The van der Waals surface area contributed by atoms with Crippen molar-refractivity contribution < 1.29 is 4.79 Å². The molecule has 3 heteroatoms. The molecule has 1 amide bonds. The lowest BCUT2D eigenvalue weighted by atomic mass is 10.1. The van der Waals surface area contributed by atoms with Gasteiger partial charge in [-0.1, -0.05) is 32.0 Å². The molecule has 17 heavy (non-hydrogen) atoms. The highest BCUT2D eigenvalue weighted by atomic mass is 16.2. The zero-order chi connectivity index (χ0) is 12.3. The van der Waals surface area contributed by atoms with Crippen LogP contribution in [-0.4, -0.2) is 18.0 Å². The summed E-state index contributed by atoms with van der Waals surface area (Å²) in [4.78, 5) is 12.1. The summed E-state index contributed by atoms with van der Waals surface area (Å²) in [5.74, 6) is 0.120. The van der Waals surface area contributed by atoms with Crippen molar-refractivity contribution in [2.75, 3.05) is 5.32 Å². The Morgan fingerprint density at radius 3 is 2.76 bits per heavy atom. The Bertz CT molecular complexity index is 374. The van der Waals surface area contributed by atoms with Gasteiger partial charge in [0.05, 0.1) is 0 Å². The minimum Gasteiger partial charge on any atom is -0.373 e. The van der Waals surface area contributed by atoms with Crippen LogP contribution in [0.15, 0.2) is 24.3 Å². The third-order valence-electron chi connectivity index (χ3n) is 3.42. The molecule has 1 aromatic rings. The first-order valence-electron chi connectivity index (χ1n) is 6.39. The lowest BCUT2D eigenvalue weighted by molar-refractivity contribution is -0.122. The minimum atomic E-state index is -0.104. The number of benzene rings is 1. The molecule has 0 bridgehead atoms. The molecule has 0 aliphatic carbocycles. The van der Waals surface area contributed by atoms with Gasteiger partial charge in [-0.05, 0) is 24.5 Å². The standard InChI is InChI=1S/C14H20N2O/c1-3-11(4-2)15-14(17)13-9-10-7-5-6-8-12(10)16-13/h5-8,11,13,16H,3-4,9H2,1-2H3,(H,15,17)/t13-/m0/s1. The maximum atomic E-state index is 12.1. The Morgan fingerprint density at radius 2 is 2.12 bits per heavy atom. The summed E-state index contributed by atoms with van der Waals surface area (Å²) in [5.41, 5.74) is 2.33. The molecule has 1 aliphatic heterocycles. The van der Waals surface area contributed by atoms with Crippen molar-refractivity contribution >= 4 is 11.6 Å². The summed E-state index contributed by atoms with van der Waals surface area (Å²) >= 11 is 0. The summed E-state index contributed by atoms with van der Waals surface area (Å²) in [7, 11) is 0. The first kappa shape index (κ1) is 12.0. The summed E-state index contributed by atoms with van der Waals surface area (Å²) in [6.45, 7) is 4.20. The number of hydrogen-bond acceptors (Lipinski definition) is 2. The molecule has 1 aromatic carbocycles. The number of para-hydroxylation sites is 1. The van der Waals surface area contributed by atoms with Crippen LogP contribution in [0.2, 0.25) is 0 Å². The minimum absolute atomic E-state index is 0.104. The van der Waals surface area contributed by atoms with E-state index in [1.54, 1.807) is 0 Å². The molecule has 0 aromatic heterocycles. The predicted molar refractivity (Wildman–Crippen MR) is 70.1 cm³/mol. The maximum absolute atomic E-state index is 12.1. The average Bonchev–Trinajstić information content (AvgIpc) is 2.79. The second-order valence-electron chi connectivity index (χ2n) is 4.58. The Labute approximate surface area is 103 Å². The normalized spacial score (nSPS) is 17.7. The van der Waals surface area contributed by atoms with Crippen molar-refractivity contribution in [3.63, 3.8) is 0 Å². The van der Waals surface area contributed by atoms with Crippen LogP contribution in [0.25, 0.3) is 0 Å². The first-order valence-corrected chi connectivity index (χ1v) is 6.39. The summed E-state index contributed by atoms with van der Waals surface area (Å²) < 4.78 is 0. The second-order valence-corrected chi connectivity index (χ2v) is 4.58. The smallest absolute Gasteiger partial charge is 0.243 e. The molecule has 1 aliphatic rings. The van der Waals surface area contributed by atoms with Crippen LogP contribution < -0.4 is 10.6 Å². The van der Waals surface area contributed by atoms with Gasteiger partial charge in [0.25, 0.3) is 0 Å². The number of rotatable bonds is 4. The Kier molecular flexibility index (Phi) is 3.67. The zero-order valence-electron chi connectivity index (χ0n) is 10.5. The number of anilines is 1. The Hall–Kier alpha value is -1.51. The largest absolute Gasteiger partial charge is 0.373 e. The second kappa shape index (κ2) is 5.21. The quantitative estimate of drug-likeness (QED) is 0.836. The molecule has 2 rings (SSSR count). The molecule has 1 atom stereocenters. The van der Waals surface area contributed by atoms with Crippen molar-refractivity contribution in [3.05, 3.63) is 29.8 Å². The van der Waals surface area contributed by atoms with Crippen LogP contribution in [0.4, 0.5) is 5.69 Å². The van der Waals surface area contributed by atoms with Gasteiger partial charge in [0.1, 0.15) is 6.04 Å². The van der Waals surface area contributed by atoms with E-state index in [2.05, 4.69) is 30.5 Å². The van der Waals surface area contributed by atoms with Gasteiger partial charge in [-0.2, -0.15) is 0 Å². The zero-order valence-corrected chi connectivity index (χ0v) is 10.5. The monoisotopic (exact) mass is 232 g/mol. The maximum Gasteiger partial charge on any atom is 0.243 e. The van der Waals surface area contributed by atoms with E-state index in [1.807, 2.05) is 18.2 Å². The highest BCUT2D eigenvalue weighted by Crippen LogP contribution is 2.25. The number of nitrogens with one attached hydrogen (secondary N) is 2. The van der Waals surface area contributed by atoms with Gasteiger partial charge in [0.2, 0.25) is 5.91 Å². The van der Waals surface area contributed by atoms with Crippen LogP contribution >= 0.6 is 0 Å². The van der Waals surface area contributed by atoms with Gasteiger partial charge in [0, 0.05) is 18.2 Å². The number of fused-ring (bicyclic) bond motifs is 1. The lowest BCUT2D eigenvalue weighted by Crippen LogP contribution is -2.43. The molecular formula is C14H20N2O. The van der Waals surface area contributed by atoms with Crippen molar-refractivity contribution in [2.24, 2.45) is 0 Å².